The minimum atomic E-state index is -0.245. The number of carbonyl (C=O) groups excluding carboxylic acids is 2. The van der Waals surface area contributed by atoms with Gasteiger partial charge in [0.25, 0.3) is 11.8 Å². The summed E-state index contributed by atoms with van der Waals surface area (Å²) >= 11 is 1.59. The van der Waals surface area contributed by atoms with Crippen molar-refractivity contribution in [3.05, 3.63) is 82.0 Å². The summed E-state index contributed by atoms with van der Waals surface area (Å²) in [6, 6.07) is 18.2. The van der Waals surface area contributed by atoms with Crippen LogP contribution in [0.25, 0.3) is 0 Å². The monoisotopic (exact) mass is 463 g/mol. The Kier molecular flexibility index (Phi) is 6.74. The molecular weight excluding hydrogens is 438 g/mol. The van der Waals surface area contributed by atoms with Crippen LogP contribution in [0.1, 0.15) is 33.3 Å². The molecule has 170 valence electrons. The Morgan fingerprint density at radius 1 is 1.03 bits per heavy atom. The summed E-state index contributed by atoms with van der Waals surface area (Å²) < 4.78 is 10.4. The molecule has 33 heavy (non-hydrogen) atoms. The number of benzene rings is 2. The fourth-order valence-electron chi connectivity index (χ4n) is 3.72. The number of hydrogen-bond acceptors (Lipinski definition) is 6. The Labute approximate surface area is 196 Å². The van der Waals surface area contributed by atoms with E-state index in [1.807, 2.05) is 41.8 Å². The molecule has 3 aromatic rings. The Bertz CT molecular complexity index is 1140. The molecular formula is C25H25N3O4S. The number of ether oxygens (including phenoxy) is 2. The van der Waals surface area contributed by atoms with Crippen LogP contribution < -0.4 is 9.47 Å². The molecule has 2 heterocycles. The van der Waals surface area contributed by atoms with Crippen LogP contribution in [0.2, 0.25) is 0 Å². The third-order valence-electron chi connectivity index (χ3n) is 5.53. The predicted molar refractivity (Wildman–Crippen MR) is 128 cm³/mol. The second-order valence-corrected chi connectivity index (χ2v) is 8.59. The Morgan fingerprint density at radius 2 is 1.67 bits per heavy atom. The Morgan fingerprint density at radius 3 is 2.24 bits per heavy atom. The van der Waals surface area contributed by atoms with Gasteiger partial charge in [-0.15, -0.1) is 11.3 Å². The average molecular weight is 464 g/mol. The smallest absolute Gasteiger partial charge is 0.262 e. The summed E-state index contributed by atoms with van der Waals surface area (Å²) in [5.41, 5.74) is 2.31. The second kappa shape index (κ2) is 9.87. The first-order valence-corrected chi connectivity index (χ1v) is 11.3. The molecule has 2 aromatic carbocycles. The minimum absolute atomic E-state index is 0.0846. The first-order valence-electron chi connectivity index (χ1n) is 10.5. The average Bonchev–Trinajstić information content (AvgIpc) is 3.54. The molecule has 7 nitrogen and oxygen atoms in total. The molecule has 1 aliphatic rings. The minimum Gasteiger partial charge on any atom is -0.497 e. The summed E-state index contributed by atoms with van der Waals surface area (Å²) in [7, 11) is 4.81. The maximum atomic E-state index is 13.3. The fraction of sp³-hybridized carbons (Fsp3) is 0.240. The van der Waals surface area contributed by atoms with Gasteiger partial charge in [-0.1, -0.05) is 18.2 Å². The molecule has 1 aliphatic heterocycles. The lowest BCUT2D eigenvalue weighted by Gasteiger charge is -2.25. The molecule has 8 heteroatoms. The van der Waals surface area contributed by atoms with E-state index in [1.165, 1.54) is 9.91 Å². The fourth-order valence-corrected chi connectivity index (χ4v) is 4.44. The SMILES string of the molecule is COc1ccc(C(=O)N(C)CC(=O)N2N=C(c3cccs3)C[C@H]2c2ccc(OC)cc2)cc1. The molecule has 0 bridgehead atoms. The molecule has 0 unspecified atom stereocenters. The Hall–Kier alpha value is -3.65. The number of likely N-dealkylation sites (N-methyl/N-ethyl adjacent to an activating group) is 1. The predicted octanol–water partition coefficient (Wildman–Crippen LogP) is 4.22. The van der Waals surface area contributed by atoms with E-state index in [0.29, 0.717) is 17.7 Å². The van der Waals surface area contributed by atoms with E-state index in [2.05, 4.69) is 5.10 Å². The van der Waals surface area contributed by atoms with E-state index in [9.17, 15) is 9.59 Å². The molecule has 0 saturated carbocycles. The van der Waals surface area contributed by atoms with Crippen LogP contribution >= 0.6 is 11.3 Å². The van der Waals surface area contributed by atoms with Gasteiger partial charge in [-0.25, -0.2) is 5.01 Å². The van der Waals surface area contributed by atoms with Crippen LogP contribution in [-0.4, -0.2) is 55.2 Å². The van der Waals surface area contributed by atoms with Crippen LogP contribution in [0.5, 0.6) is 11.5 Å². The summed E-state index contributed by atoms with van der Waals surface area (Å²) in [6.45, 7) is -0.0846. The van der Waals surface area contributed by atoms with Crippen LogP contribution in [0, 0.1) is 0 Å². The molecule has 1 aromatic heterocycles. The molecule has 1 atom stereocenters. The number of amides is 2. The molecule has 0 radical (unpaired) electrons. The normalized spacial score (nSPS) is 15.2. The number of hydrogen-bond donors (Lipinski definition) is 0. The topological polar surface area (TPSA) is 71.4 Å². The summed E-state index contributed by atoms with van der Waals surface area (Å²) in [6.07, 6.45) is 0.606. The van der Waals surface area contributed by atoms with Crippen LogP contribution in [-0.2, 0) is 4.79 Å². The molecule has 2 amide bonds. The molecule has 0 spiro atoms. The van der Waals surface area contributed by atoms with E-state index in [-0.39, 0.29) is 24.4 Å². The van der Waals surface area contributed by atoms with Gasteiger partial charge in [0.15, 0.2) is 0 Å². The quantitative estimate of drug-likeness (QED) is 0.526. The van der Waals surface area contributed by atoms with Gasteiger partial charge < -0.3 is 14.4 Å². The highest BCUT2D eigenvalue weighted by atomic mass is 32.1. The van der Waals surface area contributed by atoms with Crippen molar-refractivity contribution >= 4 is 28.9 Å². The number of nitrogens with zero attached hydrogens (tertiary/aromatic N) is 3. The van der Waals surface area contributed by atoms with E-state index < -0.39 is 0 Å². The molecule has 0 fully saturated rings. The zero-order valence-corrected chi connectivity index (χ0v) is 19.5. The van der Waals surface area contributed by atoms with E-state index in [0.717, 1.165) is 21.9 Å². The maximum Gasteiger partial charge on any atom is 0.262 e. The highest BCUT2D eigenvalue weighted by Gasteiger charge is 2.34. The zero-order chi connectivity index (χ0) is 23.4. The van der Waals surface area contributed by atoms with Gasteiger partial charge >= 0.3 is 0 Å². The summed E-state index contributed by atoms with van der Waals surface area (Å²) in [5, 5.41) is 8.16. The van der Waals surface area contributed by atoms with Gasteiger partial charge in [0.1, 0.15) is 18.0 Å². The van der Waals surface area contributed by atoms with E-state index >= 15 is 0 Å². The lowest BCUT2D eigenvalue weighted by Crippen LogP contribution is -2.39. The van der Waals surface area contributed by atoms with Crippen molar-refractivity contribution in [1.82, 2.24) is 9.91 Å². The standard InChI is InChI=1S/C25H25N3O4S/c1-27(25(30)18-8-12-20(32-3)13-9-18)16-24(29)28-22(17-6-10-19(31-2)11-7-17)15-21(26-28)23-5-4-14-33-23/h4-14,22H,15-16H2,1-3H3/t22-/m0/s1. The van der Waals surface area contributed by atoms with Gasteiger partial charge in [0, 0.05) is 19.0 Å². The van der Waals surface area contributed by atoms with Gasteiger partial charge in [-0.3, -0.25) is 9.59 Å². The largest absolute Gasteiger partial charge is 0.497 e. The number of carbonyl (C=O) groups is 2. The van der Waals surface area contributed by atoms with Crippen molar-refractivity contribution in [1.29, 1.82) is 0 Å². The molecule has 4 rings (SSSR count). The third kappa shape index (κ3) is 4.90. The highest BCUT2D eigenvalue weighted by molar-refractivity contribution is 7.12. The van der Waals surface area contributed by atoms with Crippen LogP contribution in [0.4, 0.5) is 0 Å². The van der Waals surface area contributed by atoms with Crippen molar-refractivity contribution in [2.45, 2.75) is 12.5 Å². The zero-order valence-electron chi connectivity index (χ0n) is 18.7. The van der Waals surface area contributed by atoms with E-state index in [4.69, 9.17) is 9.47 Å². The van der Waals surface area contributed by atoms with Gasteiger partial charge in [-0.05, 0) is 53.4 Å². The van der Waals surface area contributed by atoms with Crippen molar-refractivity contribution in [2.24, 2.45) is 5.10 Å². The first kappa shape index (κ1) is 22.5. The molecule has 0 saturated heterocycles. The summed E-state index contributed by atoms with van der Waals surface area (Å²) in [4.78, 5) is 28.6. The van der Waals surface area contributed by atoms with Crippen molar-refractivity contribution in [3.63, 3.8) is 0 Å². The van der Waals surface area contributed by atoms with Gasteiger partial charge in [-0.2, -0.15) is 5.10 Å². The van der Waals surface area contributed by atoms with Gasteiger partial charge in [0.2, 0.25) is 0 Å². The number of rotatable bonds is 7. The number of methoxy groups -OCH3 is 2. The van der Waals surface area contributed by atoms with Crippen molar-refractivity contribution in [3.8, 4) is 11.5 Å². The summed E-state index contributed by atoms with van der Waals surface area (Å²) in [5.74, 6) is 0.930. The lowest BCUT2D eigenvalue weighted by molar-refractivity contribution is -0.133. The molecule has 0 aliphatic carbocycles. The molecule has 0 N–H and O–H groups in total. The van der Waals surface area contributed by atoms with Gasteiger partial charge in [0.05, 0.1) is 30.9 Å². The Balaban J connectivity index is 1.54. The maximum absolute atomic E-state index is 13.3. The second-order valence-electron chi connectivity index (χ2n) is 7.65. The highest BCUT2D eigenvalue weighted by Crippen LogP contribution is 2.34. The van der Waals surface area contributed by atoms with E-state index in [1.54, 1.807) is 56.9 Å². The third-order valence-corrected chi connectivity index (χ3v) is 6.45. The number of hydrazone groups is 1. The van der Waals surface area contributed by atoms with Crippen LogP contribution in [0.15, 0.2) is 71.1 Å². The number of thiophene rings is 1. The lowest BCUT2D eigenvalue weighted by atomic mass is 10.0. The van der Waals surface area contributed by atoms with Crippen molar-refractivity contribution in [2.75, 3.05) is 27.8 Å². The van der Waals surface area contributed by atoms with Crippen LogP contribution in [0.3, 0.4) is 0 Å². The first-order chi connectivity index (χ1) is 16.0. The van der Waals surface area contributed by atoms with Crippen molar-refractivity contribution < 1.29 is 19.1 Å².